The molecule has 0 aliphatic rings. The van der Waals surface area contributed by atoms with Crippen LogP contribution in [0.25, 0.3) is 5.95 Å². The van der Waals surface area contributed by atoms with Crippen LogP contribution in [0.15, 0.2) is 49.1 Å². The number of ether oxygens (including phenoxy) is 2. The zero-order chi connectivity index (χ0) is 17.6. The topological polar surface area (TPSA) is 91.2 Å². The molecule has 128 valence electrons. The second-order valence-corrected chi connectivity index (χ2v) is 5.13. The fraction of sp³-hybridized carbons (Fsp3) is 0.176. The molecule has 3 aromatic rings. The van der Waals surface area contributed by atoms with E-state index in [2.05, 4.69) is 20.3 Å². The van der Waals surface area contributed by atoms with Gasteiger partial charge in [0.2, 0.25) is 5.95 Å². The Hall–Kier alpha value is -3.42. The third-order valence-corrected chi connectivity index (χ3v) is 3.39. The lowest BCUT2D eigenvalue weighted by molar-refractivity contribution is -0.118. The van der Waals surface area contributed by atoms with Gasteiger partial charge in [-0.3, -0.25) is 9.36 Å². The Morgan fingerprint density at radius 3 is 2.40 bits per heavy atom. The van der Waals surface area contributed by atoms with Crippen LogP contribution in [-0.2, 0) is 4.79 Å². The van der Waals surface area contributed by atoms with Crippen LogP contribution in [0.5, 0.6) is 11.5 Å². The Morgan fingerprint density at radius 2 is 1.80 bits per heavy atom. The maximum absolute atomic E-state index is 11.9. The van der Waals surface area contributed by atoms with E-state index in [1.807, 2.05) is 6.92 Å². The average Bonchev–Trinajstić information content (AvgIpc) is 3.07. The van der Waals surface area contributed by atoms with Crippen molar-refractivity contribution in [1.29, 1.82) is 0 Å². The number of nitrogens with zero attached hydrogens (tertiary/aromatic N) is 4. The predicted octanol–water partition coefficient (Wildman–Crippen LogP) is 2.00. The van der Waals surface area contributed by atoms with Crippen LogP contribution in [0.1, 0.15) is 5.82 Å². The van der Waals surface area contributed by atoms with Gasteiger partial charge in [-0.2, -0.15) is 0 Å². The highest BCUT2D eigenvalue weighted by atomic mass is 16.5. The van der Waals surface area contributed by atoms with Gasteiger partial charge in [-0.25, -0.2) is 15.0 Å². The Kier molecular flexibility index (Phi) is 4.89. The van der Waals surface area contributed by atoms with Crippen molar-refractivity contribution in [3.8, 4) is 17.4 Å². The highest BCUT2D eigenvalue weighted by Crippen LogP contribution is 2.17. The Labute approximate surface area is 144 Å². The molecule has 0 saturated carbocycles. The van der Waals surface area contributed by atoms with Crippen LogP contribution >= 0.6 is 0 Å². The lowest BCUT2D eigenvalue weighted by atomic mass is 10.3. The molecule has 3 rings (SSSR count). The first-order valence-electron chi connectivity index (χ1n) is 7.55. The standard InChI is InChI=1S/C17H17N5O3/c1-12-18-7-8-22(12)17-19-9-13(10-20-17)21-16(23)11-25-15-5-3-14(24-2)4-6-15/h3-10H,11H2,1-2H3,(H,21,23). The first-order chi connectivity index (χ1) is 12.2. The molecule has 1 amide bonds. The summed E-state index contributed by atoms with van der Waals surface area (Å²) in [6.07, 6.45) is 6.51. The van der Waals surface area contributed by atoms with E-state index in [-0.39, 0.29) is 12.5 Å². The lowest BCUT2D eigenvalue weighted by Crippen LogP contribution is -2.20. The second kappa shape index (κ2) is 7.43. The minimum Gasteiger partial charge on any atom is -0.497 e. The summed E-state index contributed by atoms with van der Waals surface area (Å²) in [7, 11) is 1.59. The number of aromatic nitrogens is 4. The van der Waals surface area contributed by atoms with Crippen molar-refractivity contribution in [1.82, 2.24) is 19.5 Å². The van der Waals surface area contributed by atoms with Crippen molar-refractivity contribution >= 4 is 11.6 Å². The number of nitrogens with one attached hydrogen (secondary N) is 1. The number of anilines is 1. The average molecular weight is 339 g/mol. The molecule has 1 N–H and O–H groups in total. The zero-order valence-electron chi connectivity index (χ0n) is 13.8. The van der Waals surface area contributed by atoms with Crippen LogP contribution < -0.4 is 14.8 Å². The van der Waals surface area contributed by atoms with Crippen molar-refractivity contribution in [2.45, 2.75) is 6.92 Å². The molecule has 0 saturated heterocycles. The van der Waals surface area contributed by atoms with Gasteiger partial charge in [-0.15, -0.1) is 0 Å². The first-order valence-corrected chi connectivity index (χ1v) is 7.55. The fourth-order valence-electron chi connectivity index (χ4n) is 2.12. The summed E-state index contributed by atoms with van der Waals surface area (Å²) in [4.78, 5) is 24.5. The van der Waals surface area contributed by atoms with Crippen molar-refractivity contribution < 1.29 is 14.3 Å². The Bertz CT molecular complexity index is 843. The van der Waals surface area contributed by atoms with Gasteiger partial charge in [-0.1, -0.05) is 0 Å². The summed E-state index contributed by atoms with van der Waals surface area (Å²) in [5, 5.41) is 2.68. The predicted molar refractivity (Wildman–Crippen MR) is 91.0 cm³/mol. The number of rotatable bonds is 6. The molecule has 0 radical (unpaired) electrons. The second-order valence-electron chi connectivity index (χ2n) is 5.13. The molecule has 2 heterocycles. The van der Waals surface area contributed by atoms with Crippen molar-refractivity contribution in [3.63, 3.8) is 0 Å². The fourth-order valence-corrected chi connectivity index (χ4v) is 2.12. The first kappa shape index (κ1) is 16.4. The number of methoxy groups -OCH3 is 1. The molecule has 8 heteroatoms. The minimum atomic E-state index is -0.300. The van der Waals surface area contributed by atoms with Gasteiger partial charge in [0.15, 0.2) is 6.61 Å². The van der Waals surface area contributed by atoms with E-state index in [0.29, 0.717) is 17.4 Å². The molecule has 0 aliphatic carbocycles. The molecule has 1 aromatic carbocycles. The van der Waals surface area contributed by atoms with Crippen LogP contribution in [0.2, 0.25) is 0 Å². The van der Waals surface area contributed by atoms with E-state index in [9.17, 15) is 4.79 Å². The molecule has 0 atom stereocenters. The van der Waals surface area contributed by atoms with Gasteiger partial charge in [0.25, 0.3) is 5.91 Å². The van der Waals surface area contributed by atoms with Gasteiger partial charge < -0.3 is 14.8 Å². The largest absolute Gasteiger partial charge is 0.497 e. The van der Waals surface area contributed by atoms with Crippen LogP contribution in [0.3, 0.4) is 0 Å². The van der Waals surface area contributed by atoms with E-state index in [4.69, 9.17) is 9.47 Å². The molecule has 0 fully saturated rings. The van der Waals surface area contributed by atoms with Gasteiger partial charge in [0.05, 0.1) is 25.2 Å². The van der Waals surface area contributed by atoms with Gasteiger partial charge in [-0.05, 0) is 31.2 Å². The summed E-state index contributed by atoms with van der Waals surface area (Å²) in [6.45, 7) is 1.74. The van der Waals surface area contributed by atoms with E-state index in [1.54, 1.807) is 48.3 Å². The Balaban J connectivity index is 1.54. The van der Waals surface area contributed by atoms with Gasteiger partial charge >= 0.3 is 0 Å². The number of carbonyl (C=O) groups excluding carboxylic acids is 1. The number of carbonyl (C=O) groups is 1. The highest BCUT2D eigenvalue weighted by Gasteiger charge is 2.07. The summed E-state index contributed by atoms with van der Waals surface area (Å²) in [5.74, 6) is 2.28. The molecule has 0 aliphatic heterocycles. The molecular formula is C17H17N5O3. The molecular weight excluding hydrogens is 322 g/mol. The van der Waals surface area contributed by atoms with Crippen LogP contribution in [-0.4, -0.2) is 39.1 Å². The summed E-state index contributed by atoms with van der Waals surface area (Å²) in [5.41, 5.74) is 0.491. The lowest BCUT2D eigenvalue weighted by Gasteiger charge is -2.08. The molecule has 2 aromatic heterocycles. The number of hydrogen-bond acceptors (Lipinski definition) is 6. The van der Waals surface area contributed by atoms with E-state index >= 15 is 0 Å². The summed E-state index contributed by atoms with van der Waals surface area (Å²) >= 11 is 0. The quantitative estimate of drug-likeness (QED) is 0.738. The van der Waals surface area contributed by atoms with Gasteiger partial charge in [0, 0.05) is 12.4 Å². The highest BCUT2D eigenvalue weighted by molar-refractivity contribution is 5.91. The normalized spacial score (nSPS) is 10.3. The smallest absolute Gasteiger partial charge is 0.262 e. The van der Waals surface area contributed by atoms with E-state index in [1.165, 1.54) is 12.4 Å². The maximum Gasteiger partial charge on any atom is 0.262 e. The van der Waals surface area contributed by atoms with E-state index < -0.39 is 0 Å². The number of hydrogen-bond donors (Lipinski definition) is 1. The van der Waals surface area contributed by atoms with Crippen LogP contribution in [0.4, 0.5) is 5.69 Å². The molecule has 8 nitrogen and oxygen atoms in total. The molecule has 0 unspecified atom stereocenters. The van der Waals surface area contributed by atoms with Crippen molar-refractivity contribution in [2.24, 2.45) is 0 Å². The van der Waals surface area contributed by atoms with Crippen molar-refractivity contribution in [2.75, 3.05) is 19.0 Å². The summed E-state index contributed by atoms with van der Waals surface area (Å²) in [6, 6.07) is 6.99. The van der Waals surface area contributed by atoms with E-state index in [0.717, 1.165) is 11.6 Å². The third kappa shape index (κ3) is 4.11. The molecule has 25 heavy (non-hydrogen) atoms. The Morgan fingerprint density at radius 1 is 1.12 bits per heavy atom. The summed E-state index contributed by atoms with van der Waals surface area (Å²) < 4.78 is 12.2. The van der Waals surface area contributed by atoms with Crippen molar-refractivity contribution in [3.05, 3.63) is 54.9 Å². The monoisotopic (exact) mass is 339 g/mol. The number of amides is 1. The number of imidazole rings is 1. The zero-order valence-corrected chi connectivity index (χ0v) is 13.8. The third-order valence-electron chi connectivity index (χ3n) is 3.39. The SMILES string of the molecule is COc1ccc(OCC(=O)Nc2cnc(-n3ccnc3C)nc2)cc1. The number of aryl methyl sites for hydroxylation is 1. The maximum atomic E-state index is 11.9. The van der Waals surface area contributed by atoms with Gasteiger partial charge in [0.1, 0.15) is 17.3 Å². The minimum absolute atomic E-state index is 0.116. The molecule has 0 bridgehead atoms. The molecule has 0 spiro atoms. The number of benzene rings is 1. The van der Waals surface area contributed by atoms with Crippen LogP contribution in [0, 0.1) is 6.92 Å².